The van der Waals surface area contributed by atoms with E-state index in [1.807, 2.05) is 0 Å². The molecule has 4 aliphatic rings. The van der Waals surface area contributed by atoms with Crippen molar-refractivity contribution in [3.63, 3.8) is 0 Å². The molecule has 11 atom stereocenters. The molecule has 0 amide bonds. The van der Waals surface area contributed by atoms with Gasteiger partial charge in [0.25, 0.3) is 0 Å². The van der Waals surface area contributed by atoms with Crippen LogP contribution in [-0.4, -0.2) is 34.1 Å². The van der Waals surface area contributed by atoms with Crippen molar-refractivity contribution in [3.8, 4) is 0 Å². The van der Waals surface area contributed by atoms with Crippen molar-refractivity contribution in [1.29, 1.82) is 0 Å². The monoisotopic (exact) mass is 392 g/mol. The number of hydrogen-bond donors (Lipinski definition) is 3. The predicted molar refractivity (Wildman–Crippen MR) is 113 cm³/mol. The lowest BCUT2D eigenvalue weighted by Crippen LogP contribution is -2.62. The van der Waals surface area contributed by atoms with Gasteiger partial charge < -0.3 is 15.3 Å². The zero-order chi connectivity index (χ0) is 20.3. The second kappa shape index (κ2) is 7.54. The minimum atomic E-state index is -0.199. The van der Waals surface area contributed by atoms with Crippen molar-refractivity contribution >= 4 is 0 Å². The first-order valence-corrected chi connectivity index (χ1v) is 12.2. The van der Waals surface area contributed by atoms with E-state index in [9.17, 15) is 15.3 Å². The van der Waals surface area contributed by atoms with Crippen LogP contribution in [0.25, 0.3) is 0 Å². The molecule has 0 spiro atoms. The van der Waals surface area contributed by atoms with Crippen molar-refractivity contribution in [1.82, 2.24) is 0 Å². The summed E-state index contributed by atoms with van der Waals surface area (Å²) in [4.78, 5) is 0. The van der Waals surface area contributed by atoms with Crippen molar-refractivity contribution < 1.29 is 15.3 Å². The molecule has 0 saturated heterocycles. The third-order valence-corrected chi connectivity index (χ3v) is 10.7. The molecule has 0 radical (unpaired) electrons. The molecule has 0 unspecified atom stereocenters. The Balaban J connectivity index is 1.67. The Bertz CT molecular complexity index is 564. The number of rotatable bonds is 4. The van der Waals surface area contributed by atoms with E-state index in [-0.39, 0.29) is 12.2 Å². The zero-order valence-corrected chi connectivity index (χ0v) is 18.6. The highest BCUT2D eigenvalue weighted by atomic mass is 16.3. The van der Waals surface area contributed by atoms with Crippen LogP contribution in [0.5, 0.6) is 0 Å². The molecular formula is C25H44O3. The van der Waals surface area contributed by atoms with Crippen molar-refractivity contribution in [2.24, 2.45) is 52.3 Å². The largest absolute Gasteiger partial charge is 0.396 e. The summed E-state index contributed by atoms with van der Waals surface area (Å²) in [6.07, 6.45) is 9.62. The second-order valence-electron chi connectivity index (χ2n) is 11.6. The lowest BCUT2D eigenvalue weighted by atomic mass is 9.41. The number of aliphatic hydroxyl groups excluding tert-OH is 3. The maximum Gasteiger partial charge on any atom is 0.0605 e. The standard InChI is InChI=1S/C25H44O3/c1-5-17-21-14-16(27)8-11-25(21,4)20-9-12-24(3)18(15(2)10-13-26)6-7-19(24)22(20)23(17)28/h15-23,26-28H,5-14H2,1-4H3/t15-,16-,17+,18-,19+,20+,21+,22+,23+,24-,25-/m1/s1. The van der Waals surface area contributed by atoms with E-state index in [0.717, 1.165) is 32.1 Å². The molecule has 3 nitrogen and oxygen atoms in total. The van der Waals surface area contributed by atoms with Gasteiger partial charge in [0.1, 0.15) is 0 Å². The summed E-state index contributed by atoms with van der Waals surface area (Å²) in [5.41, 5.74) is 0.617. The fourth-order valence-electron chi connectivity index (χ4n) is 9.34. The number of aliphatic hydroxyl groups is 3. The van der Waals surface area contributed by atoms with Crippen LogP contribution in [0, 0.1) is 52.3 Å². The smallest absolute Gasteiger partial charge is 0.0605 e. The molecule has 0 heterocycles. The van der Waals surface area contributed by atoms with E-state index < -0.39 is 0 Å². The summed E-state index contributed by atoms with van der Waals surface area (Å²) < 4.78 is 0. The van der Waals surface area contributed by atoms with Gasteiger partial charge in [0.2, 0.25) is 0 Å². The van der Waals surface area contributed by atoms with Gasteiger partial charge in [-0.1, -0.05) is 34.1 Å². The maximum atomic E-state index is 11.7. The number of hydrogen-bond acceptors (Lipinski definition) is 3. The highest BCUT2D eigenvalue weighted by Crippen LogP contribution is 2.69. The van der Waals surface area contributed by atoms with Crippen molar-refractivity contribution in [3.05, 3.63) is 0 Å². The molecule has 0 aliphatic heterocycles. The summed E-state index contributed by atoms with van der Waals surface area (Å²) in [6.45, 7) is 9.92. The van der Waals surface area contributed by atoms with Gasteiger partial charge in [-0.2, -0.15) is 0 Å². The van der Waals surface area contributed by atoms with Gasteiger partial charge >= 0.3 is 0 Å². The Morgan fingerprint density at radius 3 is 2.29 bits per heavy atom. The average Bonchev–Trinajstić information content (AvgIpc) is 3.01. The van der Waals surface area contributed by atoms with E-state index in [4.69, 9.17) is 0 Å². The molecule has 0 aromatic rings. The van der Waals surface area contributed by atoms with E-state index in [1.54, 1.807) is 0 Å². The lowest BCUT2D eigenvalue weighted by Gasteiger charge is -2.64. The lowest BCUT2D eigenvalue weighted by molar-refractivity contribution is -0.203. The van der Waals surface area contributed by atoms with Crippen LogP contribution in [0.15, 0.2) is 0 Å². The first kappa shape index (κ1) is 21.1. The van der Waals surface area contributed by atoms with Gasteiger partial charge in [-0.15, -0.1) is 0 Å². The summed E-state index contributed by atoms with van der Waals surface area (Å²) in [5, 5.41) is 31.6. The van der Waals surface area contributed by atoms with Crippen LogP contribution >= 0.6 is 0 Å². The minimum Gasteiger partial charge on any atom is -0.396 e. The molecule has 162 valence electrons. The van der Waals surface area contributed by atoms with Crippen LogP contribution < -0.4 is 0 Å². The Labute approximate surface area is 172 Å². The molecule has 3 N–H and O–H groups in total. The van der Waals surface area contributed by atoms with Crippen molar-refractivity contribution in [2.45, 2.75) is 97.7 Å². The second-order valence-corrected chi connectivity index (χ2v) is 11.6. The molecule has 4 aliphatic carbocycles. The summed E-state index contributed by atoms with van der Waals surface area (Å²) in [6, 6.07) is 0. The SMILES string of the molecule is CC[C@@H]1[C@H](O)[C@@H]2[C@H](CC[C@]3(C)[C@@H]([C@H](C)CCO)CC[C@@H]23)[C@@]2(C)CC[C@@H](O)C[C@@H]12. The van der Waals surface area contributed by atoms with Crippen LogP contribution in [0.3, 0.4) is 0 Å². The molecule has 3 heteroatoms. The fourth-order valence-corrected chi connectivity index (χ4v) is 9.34. The topological polar surface area (TPSA) is 60.7 Å². The Morgan fingerprint density at radius 2 is 1.61 bits per heavy atom. The van der Waals surface area contributed by atoms with Crippen molar-refractivity contribution in [2.75, 3.05) is 6.61 Å². The molecule has 28 heavy (non-hydrogen) atoms. The van der Waals surface area contributed by atoms with Crippen LogP contribution in [0.1, 0.15) is 85.5 Å². The van der Waals surface area contributed by atoms with E-state index in [0.29, 0.717) is 58.9 Å². The average molecular weight is 393 g/mol. The predicted octanol–water partition coefficient (Wildman–Crippen LogP) is 4.63. The van der Waals surface area contributed by atoms with Gasteiger partial charge in [0.05, 0.1) is 12.2 Å². The quantitative estimate of drug-likeness (QED) is 0.653. The zero-order valence-electron chi connectivity index (χ0n) is 18.6. The molecule has 4 rings (SSSR count). The van der Waals surface area contributed by atoms with Crippen LogP contribution in [-0.2, 0) is 0 Å². The highest BCUT2D eigenvalue weighted by molar-refractivity contribution is 5.13. The van der Waals surface area contributed by atoms with Gasteiger partial charge in [0, 0.05) is 6.61 Å². The molecule has 0 aromatic heterocycles. The Hall–Kier alpha value is -0.120. The summed E-state index contributed by atoms with van der Waals surface area (Å²) >= 11 is 0. The molecule has 0 aromatic carbocycles. The third-order valence-electron chi connectivity index (χ3n) is 10.7. The number of fused-ring (bicyclic) bond motifs is 5. The Kier molecular flexibility index (Phi) is 5.69. The normalized spacial score (nSPS) is 54.5. The van der Waals surface area contributed by atoms with E-state index in [1.165, 1.54) is 25.7 Å². The van der Waals surface area contributed by atoms with Gasteiger partial charge in [-0.05, 0) is 104 Å². The first-order chi connectivity index (χ1) is 13.3. The van der Waals surface area contributed by atoms with Gasteiger partial charge in [-0.3, -0.25) is 0 Å². The maximum absolute atomic E-state index is 11.7. The van der Waals surface area contributed by atoms with E-state index >= 15 is 0 Å². The van der Waals surface area contributed by atoms with Gasteiger partial charge in [0.15, 0.2) is 0 Å². The molecule has 4 fully saturated rings. The summed E-state index contributed by atoms with van der Waals surface area (Å²) in [5.74, 6) is 3.78. The highest BCUT2D eigenvalue weighted by Gasteiger charge is 2.64. The summed E-state index contributed by atoms with van der Waals surface area (Å²) in [7, 11) is 0. The van der Waals surface area contributed by atoms with Gasteiger partial charge in [-0.25, -0.2) is 0 Å². The molecular weight excluding hydrogens is 348 g/mol. The Morgan fingerprint density at radius 1 is 0.929 bits per heavy atom. The fraction of sp³-hybridized carbons (Fsp3) is 1.00. The first-order valence-electron chi connectivity index (χ1n) is 12.2. The third kappa shape index (κ3) is 2.94. The van der Waals surface area contributed by atoms with Crippen LogP contribution in [0.4, 0.5) is 0 Å². The molecule has 0 bridgehead atoms. The van der Waals surface area contributed by atoms with Crippen LogP contribution in [0.2, 0.25) is 0 Å². The molecule has 4 saturated carbocycles. The van der Waals surface area contributed by atoms with E-state index in [2.05, 4.69) is 27.7 Å². The minimum absolute atomic E-state index is 0.167.